The lowest BCUT2D eigenvalue weighted by Crippen LogP contribution is -2.35. The molecule has 1 aliphatic carbocycles. The number of hydrogen-bond donors (Lipinski definition) is 2. The number of aliphatic hydroxyl groups excluding tert-OH is 1. The lowest BCUT2D eigenvalue weighted by molar-refractivity contribution is -0.0851. The summed E-state index contributed by atoms with van der Waals surface area (Å²) in [4.78, 5) is 0.888. The smallest absolute Gasteiger partial charge is 0.117 e. The average molecular weight is 226 g/mol. The molecule has 1 aromatic heterocycles. The summed E-state index contributed by atoms with van der Waals surface area (Å²) in [5.41, 5.74) is -0.888. The number of rotatable bonds is 2. The average Bonchev–Trinajstić information content (AvgIpc) is 2.67. The van der Waals surface area contributed by atoms with Crippen molar-refractivity contribution in [2.75, 3.05) is 0 Å². The third-order valence-corrected chi connectivity index (χ3v) is 4.22. The predicted molar refractivity (Wildman–Crippen MR) is 61.9 cm³/mol. The molecule has 0 spiro atoms. The molecular weight excluding hydrogens is 208 g/mol. The molecule has 1 aliphatic rings. The van der Waals surface area contributed by atoms with Crippen LogP contribution in [-0.4, -0.2) is 15.8 Å². The van der Waals surface area contributed by atoms with Gasteiger partial charge >= 0.3 is 0 Å². The van der Waals surface area contributed by atoms with E-state index in [9.17, 15) is 10.2 Å². The molecule has 2 nitrogen and oxygen atoms in total. The second-order valence-electron chi connectivity index (χ2n) is 4.44. The number of thiophene rings is 1. The van der Waals surface area contributed by atoms with Gasteiger partial charge in [-0.05, 0) is 24.3 Å². The fourth-order valence-corrected chi connectivity index (χ4v) is 3.15. The van der Waals surface area contributed by atoms with E-state index < -0.39 is 11.7 Å². The van der Waals surface area contributed by atoms with Crippen LogP contribution in [0.15, 0.2) is 17.5 Å². The summed E-state index contributed by atoms with van der Waals surface area (Å²) in [5.74, 6) is 0. The normalized spacial score (nSPS) is 23.3. The van der Waals surface area contributed by atoms with Crippen molar-refractivity contribution in [2.24, 2.45) is 0 Å². The van der Waals surface area contributed by atoms with Gasteiger partial charge in [0.1, 0.15) is 6.10 Å². The molecule has 2 rings (SSSR count). The second-order valence-corrected chi connectivity index (χ2v) is 5.42. The summed E-state index contributed by atoms with van der Waals surface area (Å²) < 4.78 is 0. The van der Waals surface area contributed by atoms with Crippen LogP contribution in [0.1, 0.15) is 49.5 Å². The Bertz CT molecular complexity index is 287. The highest BCUT2D eigenvalue weighted by Gasteiger charge is 2.37. The highest BCUT2D eigenvalue weighted by Crippen LogP contribution is 2.38. The lowest BCUT2D eigenvalue weighted by Gasteiger charge is -2.31. The van der Waals surface area contributed by atoms with Crippen molar-refractivity contribution in [3.63, 3.8) is 0 Å². The molecule has 0 aromatic carbocycles. The number of hydrogen-bond acceptors (Lipinski definition) is 3. The Balaban J connectivity index is 2.12. The summed E-state index contributed by atoms with van der Waals surface area (Å²) in [6.07, 6.45) is 5.17. The van der Waals surface area contributed by atoms with Crippen molar-refractivity contribution < 1.29 is 10.2 Å². The molecule has 1 unspecified atom stereocenters. The molecule has 0 bridgehead atoms. The summed E-state index contributed by atoms with van der Waals surface area (Å²) >= 11 is 1.52. The van der Waals surface area contributed by atoms with Crippen molar-refractivity contribution >= 4 is 11.3 Å². The first-order valence-electron chi connectivity index (χ1n) is 5.66. The maximum atomic E-state index is 10.4. The van der Waals surface area contributed by atoms with E-state index in [2.05, 4.69) is 0 Å². The van der Waals surface area contributed by atoms with Gasteiger partial charge in [-0.2, -0.15) is 0 Å². The molecule has 0 radical (unpaired) electrons. The van der Waals surface area contributed by atoms with Crippen molar-refractivity contribution in [1.82, 2.24) is 0 Å². The molecule has 0 aliphatic heterocycles. The van der Waals surface area contributed by atoms with Gasteiger partial charge in [0.2, 0.25) is 0 Å². The van der Waals surface area contributed by atoms with E-state index in [0.717, 1.165) is 30.6 Å². The van der Waals surface area contributed by atoms with Gasteiger partial charge < -0.3 is 10.2 Å². The first-order valence-corrected chi connectivity index (χ1v) is 6.54. The standard InChI is InChI=1S/C12H18O2S/c13-11(10-6-5-9-15-10)12(14)7-3-1-2-4-8-12/h5-6,9,11,13-14H,1-4,7-8H2. The Kier molecular flexibility index (Phi) is 3.44. The molecule has 2 N–H and O–H groups in total. The maximum Gasteiger partial charge on any atom is 0.117 e. The largest absolute Gasteiger partial charge is 0.387 e. The molecule has 1 fully saturated rings. The molecule has 1 saturated carbocycles. The Morgan fingerprint density at radius 3 is 2.40 bits per heavy atom. The van der Waals surface area contributed by atoms with Gasteiger partial charge in [-0.1, -0.05) is 31.7 Å². The Morgan fingerprint density at radius 1 is 1.20 bits per heavy atom. The van der Waals surface area contributed by atoms with E-state index in [-0.39, 0.29) is 0 Å². The van der Waals surface area contributed by atoms with Gasteiger partial charge in [0, 0.05) is 4.88 Å². The molecule has 15 heavy (non-hydrogen) atoms. The maximum absolute atomic E-state index is 10.4. The highest BCUT2D eigenvalue weighted by molar-refractivity contribution is 7.10. The van der Waals surface area contributed by atoms with Crippen molar-refractivity contribution in [2.45, 2.75) is 50.2 Å². The van der Waals surface area contributed by atoms with Crippen molar-refractivity contribution in [3.8, 4) is 0 Å². The monoisotopic (exact) mass is 226 g/mol. The van der Waals surface area contributed by atoms with Crippen molar-refractivity contribution in [3.05, 3.63) is 22.4 Å². The summed E-state index contributed by atoms with van der Waals surface area (Å²) in [6, 6.07) is 3.82. The van der Waals surface area contributed by atoms with Crippen LogP contribution < -0.4 is 0 Å². The van der Waals surface area contributed by atoms with E-state index in [4.69, 9.17) is 0 Å². The van der Waals surface area contributed by atoms with Crippen LogP contribution >= 0.6 is 11.3 Å². The first-order chi connectivity index (χ1) is 7.22. The topological polar surface area (TPSA) is 40.5 Å². The van der Waals surface area contributed by atoms with Crippen LogP contribution in [-0.2, 0) is 0 Å². The van der Waals surface area contributed by atoms with Gasteiger partial charge in [-0.15, -0.1) is 11.3 Å². The van der Waals surface area contributed by atoms with Gasteiger partial charge in [-0.3, -0.25) is 0 Å². The Labute approximate surface area is 94.6 Å². The fourth-order valence-electron chi connectivity index (χ4n) is 2.33. The van der Waals surface area contributed by atoms with Gasteiger partial charge in [0.15, 0.2) is 0 Å². The second kappa shape index (κ2) is 4.64. The third-order valence-electron chi connectivity index (χ3n) is 3.29. The van der Waals surface area contributed by atoms with Crippen molar-refractivity contribution in [1.29, 1.82) is 0 Å². The Hall–Kier alpha value is -0.380. The molecule has 1 heterocycles. The Morgan fingerprint density at radius 2 is 1.87 bits per heavy atom. The molecule has 84 valence electrons. The quantitative estimate of drug-likeness (QED) is 0.761. The first kappa shape index (κ1) is 11.1. The van der Waals surface area contributed by atoms with Crippen LogP contribution in [0.2, 0.25) is 0 Å². The molecule has 0 saturated heterocycles. The van der Waals surface area contributed by atoms with Crippen LogP contribution in [0.3, 0.4) is 0 Å². The van der Waals surface area contributed by atoms with E-state index in [1.165, 1.54) is 24.2 Å². The SMILES string of the molecule is OC(c1cccs1)C1(O)CCCCCC1. The zero-order chi connectivity index (χ0) is 10.7. The van der Waals surface area contributed by atoms with Gasteiger partial charge in [-0.25, -0.2) is 0 Å². The number of aliphatic hydroxyl groups is 2. The van der Waals surface area contributed by atoms with Crippen LogP contribution in [0.25, 0.3) is 0 Å². The minimum atomic E-state index is -0.888. The molecule has 1 atom stereocenters. The zero-order valence-electron chi connectivity index (χ0n) is 8.85. The molecular formula is C12H18O2S. The van der Waals surface area contributed by atoms with E-state index in [0.29, 0.717) is 0 Å². The van der Waals surface area contributed by atoms with Crippen LogP contribution in [0, 0.1) is 0 Å². The lowest BCUT2D eigenvalue weighted by atomic mass is 9.87. The van der Waals surface area contributed by atoms with Gasteiger partial charge in [0.05, 0.1) is 5.60 Å². The molecule has 1 aromatic rings. The van der Waals surface area contributed by atoms with Crippen LogP contribution in [0.5, 0.6) is 0 Å². The summed E-state index contributed by atoms with van der Waals surface area (Å²) in [7, 11) is 0. The summed E-state index contributed by atoms with van der Waals surface area (Å²) in [5, 5.41) is 22.6. The fraction of sp³-hybridized carbons (Fsp3) is 0.667. The predicted octanol–water partition coefficient (Wildman–Crippen LogP) is 2.87. The van der Waals surface area contributed by atoms with E-state index >= 15 is 0 Å². The van der Waals surface area contributed by atoms with E-state index in [1.54, 1.807) is 0 Å². The minimum Gasteiger partial charge on any atom is -0.387 e. The third kappa shape index (κ3) is 2.41. The molecule has 0 amide bonds. The van der Waals surface area contributed by atoms with E-state index in [1.807, 2.05) is 17.5 Å². The minimum absolute atomic E-state index is 0.699. The van der Waals surface area contributed by atoms with Gasteiger partial charge in [0.25, 0.3) is 0 Å². The summed E-state index contributed by atoms with van der Waals surface area (Å²) in [6.45, 7) is 0. The van der Waals surface area contributed by atoms with Crippen LogP contribution in [0.4, 0.5) is 0 Å². The highest BCUT2D eigenvalue weighted by atomic mass is 32.1. The zero-order valence-corrected chi connectivity index (χ0v) is 9.67. The molecule has 3 heteroatoms.